The number of hydrogen-bond acceptors (Lipinski definition) is 8. The molecule has 4 rings (SSSR count). The Bertz CT molecular complexity index is 847. The van der Waals surface area contributed by atoms with Crippen molar-refractivity contribution in [2.24, 2.45) is 0 Å². The van der Waals surface area contributed by atoms with E-state index in [9.17, 15) is 5.11 Å². The highest BCUT2D eigenvalue weighted by Crippen LogP contribution is 2.25. The summed E-state index contributed by atoms with van der Waals surface area (Å²) >= 11 is 0. The lowest BCUT2D eigenvalue weighted by Crippen LogP contribution is -2.52. The minimum atomic E-state index is -0.677. The number of anilines is 2. The third kappa shape index (κ3) is 3.00. The standard InChI is InChI=1S/C17H20N6O2/c1-11-10-22(17-21-16-13(25-17)4-3-6-18-16)8-9-23(11)14-5-7-19-15(20-14)12(2)24/h3-7,11-12,24H,8-10H2,1-2H3. The Balaban J connectivity index is 1.53. The number of aliphatic hydroxyl groups excluding tert-OH is 1. The molecule has 0 bridgehead atoms. The summed E-state index contributed by atoms with van der Waals surface area (Å²) in [7, 11) is 0. The Morgan fingerprint density at radius 3 is 2.84 bits per heavy atom. The van der Waals surface area contributed by atoms with Gasteiger partial charge in [0.2, 0.25) is 5.65 Å². The van der Waals surface area contributed by atoms with E-state index in [0.29, 0.717) is 23.1 Å². The van der Waals surface area contributed by atoms with Gasteiger partial charge in [-0.2, -0.15) is 4.98 Å². The Morgan fingerprint density at radius 2 is 2.08 bits per heavy atom. The Kier molecular flexibility index (Phi) is 3.96. The fraction of sp³-hybridized carbons (Fsp3) is 0.412. The van der Waals surface area contributed by atoms with Gasteiger partial charge in [0, 0.05) is 38.1 Å². The predicted octanol–water partition coefficient (Wildman–Crippen LogP) is 1.78. The highest BCUT2D eigenvalue weighted by Gasteiger charge is 2.28. The highest BCUT2D eigenvalue weighted by molar-refractivity contribution is 5.69. The van der Waals surface area contributed by atoms with Crippen molar-refractivity contribution in [2.75, 3.05) is 29.4 Å². The van der Waals surface area contributed by atoms with Gasteiger partial charge in [-0.25, -0.2) is 15.0 Å². The van der Waals surface area contributed by atoms with E-state index in [1.54, 1.807) is 19.3 Å². The predicted molar refractivity (Wildman–Crippen MR) is 93.5 cm³/mol. The van der Waals surface area contributed by atoms with Crippen molar-refractivity contribution in [1.82, 2.24) is 19.9 Å². The van der Waals surface area contributed by atoms with Gasteiger partial charge in [0.15, 0.2) is 11.4 Å². The summed E-state index contributed by atoms with van der Waals surface area (Å²) in [5.41, 5.74) is 1.33. The van der Waals surface area contributed by atoms with Crippen LogP contribution in [0.5, 0.6) is 0 Å². The Hall–Kier alpha value is -2.74. The molecule has 1 N–H and O–H groups in total. The van der Waals surface area contributed by atoms with Crippen molar-refractivity contribution < 1.29 is 9.52 Å². The maximum absolute atomic E-state index is 9.69. The van der Waals surface area contributed by atoms with Crippen LogP contribution in [0, 0.1) is 0 Å². The molecule has 1 aliphatic heterocycles. The average molecular weight is 340 g/mol. The zero-order chi connectivity index (χ0) is 17.4. The monoisotopic (exact) mass is 340 g/mol. The van der Waals surface area contributed by atoms with Crippen LogP contribution >= 0.6 is 0 Å². The van der Waals surface area contributed by atoms with Crippen LogP contribution in [0.2, 0.25) is 0 Å². The lowest BCUT2D eigenvalue weighted by Gasteiger charge is -2.39. The van der Waals surface area contributed by atoms with Gasteiger partial charge in [0.05, 0.1) is 0 Å². The van der Waals surface area contributed by atoms with E-state index in [2.05, 4.69) is 36.7 Å². The van der Waals surface area contributed by atoms with Crippen LogP contribution in [0.15, 0.2) is 35.0 Å². The van der Waals surface area contributed by atoms with E-state index in [0.717, 1.165) is 25.5 Å². The summed E-state index contributed by atoms with van der Waals surface area (Å²) in [5, 5.41) is 9.69. The zero-order valence-electron chi connectivity index (χ0n) is 14.2. The van der Waals surface area contributed by atoms with Crippen molar-refractivity contribution in [2.45, 2.75) is 26.0 Å². The summed E-state index contributed by atoms with van der Waals surface area (Å²) in [6.07, 6.45) is 2.73. The summed E-state index contributed by atoms with van der Waals surface area (Å²) in [4.78, 5) is 21.6. The minimum Gasteiger partial charge on any atom is -0.422 e. The molecule has 0 aliphatic carbocycles. The first-order valence-corrected chi connectivity index (χ1v) is 8.36. The Morgan fingerprint density at radius 1 is 1.20 bits per heavy atom. The van der Waals surface area contributed by atoms with Gasteiger partial charge >= 0.3 is 0 Å². The van der Waals surface area contributed by atoms with E-state index in [1.807, 2.05) is 18.2 Å². The molecule has 0 amide bonds. The van der Waals surface area contributed by atoms with Gasteiger partial charge in [0.25, 0.3) is 6.01 Å². The number of pyridine rings is 1. The number of nitrogens with zero attached hydrogens (tertiary/aromatic N) is 6. The molecule has 1 fully saturated rings. The fourth-order valence-electron chi connectivity index (χ4n) is 3.09. The molecule has 130 valence electrons. The lowest BCUT2D eigenvalue weighted by molar-refractivity contribution is 0.189. The summed E-state index contributed by atoms with van der Waals surface area (Å²) in [6.45, 7) is 6.12. The molecule has 2 atom stereocenters. The smallest absolute Gasteiger partial charge is 0.300 e. The fourth-order valence-corrected chi connectivity index (χ4v) is 3.09. The lowest BCUT2D eigenvalue weighted by atomic mass is 10.2. The van der Waals surface area contributed by atoms with E-state index >= 15 is 0 Å². The summed E-state index contributed by atoms with van der Waals surface area (Å²) < 4.78 is 5.82. The first-order valence-electron chi connectivity index (χ1n) is 8.36. The van der Waals surface area contributed by atoms with Crippen LogP contribution in [0.1, 0.15) is 25.8 Å². The normalized spacial score (nSPS) is 19.4. The largest absolute Gasteiger partial charge is 0.422 e. The SMILES string of the molecule is CC(O)c1nccc(N2CCN(c3nc4ncccc4o3)CC2C)n1. The molecule has 0 radical (unpaired) electrons. The number of hydrogen-bond donors (Lipinski definition) is 1. The molecule has 0 aromatic carbocycles. The second kappa shape index (κ2) is 6.29. The number of aliphatic hydroxyl groups is 1. The molecule has 4 heterocycles. The van der Waals surface area contributed by atoms with E-state index in [-0.39, 0.29) is 6.04 Å². The molecular formula is C17H20N6O2. The highest BCUT2D eigenvalue weighted by atomic mass is 16.4. The second-order valence-electron chi connectivity index (χ2n) is 6.26. The average Bonchev–Trinajstić information content (AvgIpc) is 3.06. The number of piperazine rings is 1. The molecule has 1 saturated heterocycles. The molecule has 1 aliphatic rings. The third-order valence-electron chi connectivity index (χ3n) is 4.38. The molecule has 0 spiro atoms. The van der Waals surface area contributed by atoms with Crippen LogP contribution in [0.25, 0.3) is 11.2 Å². The van der Waals surface area contributed by atoms with Crippen molar-refractivity contribution in [1.29, 1.82) is 0 Å². The van der Waals surface area contributed by atoms with Crippen LogP contribution in [0.3, 0.4) is 0 Å². The van der Waals surface area contributed by atoms with Gasteiger partial charge in [-0.1, -0.05) is 0 Å². The first-order chi connectivity index (χ1) is 12.1. The maximum atomic E-state index is 9.69. The van der Waals surface area contributed by atoms with Gasteiger partial charge in [0.1, 0.15) is 11.9 Å². The van der Waals surface area contributed by atoms with Gasteiger partial charge < -0.3 is 19.3 Å². The molecule has 25 heavy (non-hydrogen) atoms. The molecule has 3 aromatic heterocycles. The van der Waals surface area contributed by atoms with Gasteiger partial charge in [-0.15, -0.1) is 0 Å². The molecule has 2 unspecified atom stereocenters. The molecule has 0 saturated carbocycles. The van der Waals surface area contributed by atoms with Crippen molar-refractivity contribution in [3.8, 4) is 0 Å². The van der Waals surface area contributed by atoms with Crippen molar-refractivity contribution in [3.63, 3.8) is 0 Å². The molecule has 8 nitrogen and oxygen atoms in total. The van der Waals surface area contributed by atoms with Crippen LogP contribution < -0.4 is 9.80 Å². The van der Waals surface area contributed by atoms with Crippen LogP contribution in [-0.4, -0.2) is 50.7 Å². The molecule has 8 heteroatoms. The van der Waals surface area contributed by atoms with E-state index in [1.165, 1.54) is 0 Å². The second-order valence-corrected chi connectivity index (χ2v) is 6.26. The van der Waals surface area contributed by atoms with Crippen molar-refractivity contribution in [3.05, 3.63) is 36.4 Å². The van der Waals surface area contributed by atoms with Crippen LogP contribution in [-0.2, 0) is 0 Å². The molecule has 3 aromatic rings. The first kappa shape index (κ1) is 15.8. The maximum Gasteiger partial charge on any atom is 0.300 e. The number of aromatic nitrogens is 4. The summed E-state index contributed by atoms with van der Waals surface area (Å²) in [6, 6.07) is 6.41. The summed E-state index contributed by atoms with van der Waals surface area (Å²) in [5.74, 6) is 1.27. The quantitative estimate of drug-likeness (QED) is 0.771. The van der Waals surface area contributed by atoms with Gasteiger partial charge in [-0.05, 0) is 32.0 Å². The number of fused-ring (bicyclic) bond motifs is 1. The topological polar surface area (TPSA) is 91.4 Å². The van der Waals surface area contributed by atoms with Crippen molar-refractivity contribution >= 4 is 23.1 Å². The van der Waals surface area contributed by atoms with E-state index in [4.69, 9.17) is 4.42 Å². The van der Waals surface area contributed by atoms with Gasteiger partial charge in [-0.3, -0.25) is 0 Å². The third-order valence-corrected chi connectivity index (χ3v) is 4.38. The minimum absolute atomic E-state index is 0.216. The van der Waals surface area contributed by atoms with E-state index < -0.39 is 6.10 Å². The Labute approximate surface area is 145 Å². The number of rotatable bonds is 3. The zero-order valence-corrected chi connectivity index (χ0v) is 14.2. The van der Waals surface area contributed by atoms with Crippen LogP contribution in [0.4, 0.5) is 11.8 Å². The molecular weight excluding hydrogens is 320 g/mol. The number of oxazole rings is 1.